The maximum absolute atomic E-state index is 12.5. The minimum atomic E-state index is -0.666. The number of urea groups is 1. The lowest BCUT2D eigenvalue weighted by molar-refractivity contribution is 0.0993. The van der Waals surface area contributed by atoms with Gasteiger partial charge in [0.15, 0.2) is 5.76 Å². The number of nitrogens with one attached hydrogen (secondary N) is 3. The Hall–Kier alpha value is -4.07. The second-order valence-corrected chi connectivity index (χ2v) is 5.98. The third kappa shape index (κ3) is 4.55. The van der Waals surface area contributed by atoms with Gasteiger partial charge in [0.25, 0.3) is 11.8 Å². The van der Waals surface area contributed by atoms with Crippen LogP contribution >= 0.6 is 0 Å². The SMILES string of the molecule is Cc1ccc(C(=O)Nc2ccc(NC(N)=O)cc2)cc1NC(=O)c1ccco1. The maximum Gasteiger partial charge on any atom is 0.316 e. The van der Waals surface area contributed by atoms with E-state index in [0.717, 1.165) is 5.56 Å². The lowest BCUT2D eigenvalue weighted by Crippen LogP contribution is -2.19. The molecule has 0 bridgehead atoms. The molecule has 28 heavy (non-hydrogen) atoms. The molecule has 142 valence electrons. The van der Waals surface area contributed by atoms with Crippen LogP contribution in [0.2, 0.25) is 0 Å². The summed E-state index contributed by atoms with van der Waals surface area (Å²) in [6, 6.07) is 14.0. The maximum atomic E-state index is 12.5. The van der Waals surface area contributed by atoms with Crippen molar-refractivity contribution in [3.63, 3.8) is 0 Å². The van der Waals surface area contributed by atoms with Crippen LogP contribution < -0.4 is 21.7 Å². The Morgan fingerprint density at radius 2 is 1.54 bits per heavy atom. The average Bonchev–Trinajstić information content (AvgIpc) is 3.19. The number of carbonyl (C=O) groups is 3. The van der Waals surface area contributed by atoms with Gasteiger partial charge in [-0.05, 0) is 61.0 Å². The molecule has 0 atom stereocenters. The Morgan fingerprint density at radius 3 is 2.14 bits per heavy atom. The van der Waals surface area contributed by atoms with Gasteiger partial charge in [0.1, 0.15) is 0 Å². The third-order valence-corrected chi connectivity index (χ3v) is 3.90. The number of amides is 4. The van der Waals surface area contributed by atoms with Gasteiger partial charge in [-0.25, -0.2) is 4.79 Å². The van der Waals surface area contributed by atoms with Crippen molar-refractivity contribution < 1.29 is 18.8 Å². The molecule has 2 aromatic carbocycles. The molecule has 8 heteroatoms. The van der Waals surface area contributed by atoms with E-state index < -0.39 is 11.9 Å². The van der Waals surface area contributed by atoms with E-state index in [2.05, 4.69) is 16.0 Å². The van der Waals surface area contributed by atoms with Gasteiger partial charge in [-0.3, -0.25) is 9.59 Å². The van der Waals surface area contributed by atoms with Crippen LogP contribution in [0.15, 0.2) is 65.3 Å². The highest BCUT2D eigenvalue weighted by atomic mass is 16.3. The highest BCUT2D eigenvalue weighted by molar-refractivity contribution is 6.07. The lowest BCUT2D eigenvalue weighted by Gasteiger charge is -2.11. The van der Waals surface area contributed by atoms with Crippen molar-refractivity contribution >= 4 is 34.9 Å². The van der Waals surface area contributed by atoms with Crippen molar-refractivity contribution in [2.24, 2.45) is 5.73 Å². The van der Waals surface area contributed by atoms with Gasteiger partial charge in [0.2, 0.25) is 0 Å². The lowest BCUT2D eigenvalue weighted by atomic mass is 10.1. The molecular weight excluding hydrogens is 360 g/mol. The van der Waals surface area contributed by atoms with Crippen molar-refractivity contribution in [2.75, 3.05) is 16.0 Å². The molecule has 1 aromatic heterocycles. The summed E-state index contributed by atoms with van der Waals surface area (Å²) in [5.74, 6) is -0.564. The van der Waals surface area contributed by atoms with Crippen LogP contribution in [0, 0.1) is 6.92 Å². The standard InChI is InChI=1S/C20H18N4O4/c1-12-4-5-13(11-16(12)24-19(26)17-3-2-10-28-17)18(25)22-14-6-8-15(9-7-14)23-20(21)27/h2-11H,1H3,(H,22,25)(H,24,26)(H3,21,23,27). The van der Waals surface area contributed by atoms with E-state index in [9.17, 15) is 14.4 Å². The molecule has 0 spiro atoms. The molecule has 0 aliphatic rings. The van der Waals surface area contributed by atoms with Gasteiger partial charge in [0.05, 0.1) is 6.26 Å². The molecule has 1 heterocycles. The number of hydrogen-bond acceptors (Lipinski definition) is 4. The van der Waals surface area contributed by atoms with Gasteiger partial charge < -0.3 is 26.1 Å². The topological polar surface area (TPSA) is 126 Å². The van der Waals surface area contributed by atoms with E-state index in [1.54, 1.807) is 54.6 Å². The van der Waals surface area contributed by atoms with Gasteiger partial charge >= 0.3 is 6.03 Å². The van der Waals surface area contributed by atoms with E-state index in [0.29, 0.717) is 22.6 Å². The quantitative estimate of drug-likeness (QED) is 0.541. The second-order valence-electron chi connectivity index (χ2n) is 5.98. The number of benzene rings is 2. The second kappa shape index (κ2) is 8.09. The van der Waals surface area contributed by atoms with Gasteiger partial charge in [-0.15, -0.1) is 0 Å². The Kier molecular flexibility index (Phi) is 5.40. The van der Waals surface area contributed by atoms with E-state index in [1.165, 1.54) is 6.26 Å². The highest BCUT2D eigenvalue weighted by Crippen LogP contribution is 2.20. The highest BCUT2D eigenvalue weighted by Gasteiger charge is 2.13. The zero-order valence-corrected chi connectivity index (χ0v) is 15.0. The number of primary amides is 1. The van der Waals surface area contributed by atoms with Gasteiger partial charge in [0, 0.05) is 22.6 Å². The first kappa shape index (κ1) is 18.7. The van der Waals surface area contributed by atoms with Crippen molar-refractivity contribution in [3.8, 4) is 0 Å². The molecule has 5 N–H and O–H groups in total. The summed E-state index contributed by atoms with van der Waals surface area (Å²) < 4.78 is 5.07. The van der Waals surface area contributed by atoms with Gasteiger partial charge in [-0.2, -0.15) is 0 Å². The summed E-state index contributed by atoms with van der Waals surface area (Å²) in [7, 11) is 0. The molecular formula is C20H18N4O4. The van der Waals surface area contributed by atoms with Crippen LogP contribution in [0.5, 0.6) is 0 Å². The van der Waals surface area contributed by atoms with Crippen molar-refractivity contribution in [3.05, 3.63) is 77.7 Å². The van der Waals surface area contributed by atoms with Crippen LogP contribution in [0.3, 0.4) is 0 Å². The first-order valence-corrected chi connectivity index (χ1v) is 8.36. The van der Waals surface area contributed by atoms with E-state index in [-0.39, 0.29) is 11.7 Å². The van der Waals surface area contributed by atoms with Gasteiger partial charge in [-0.1, -0.05) is 6.07 Å². The molecule has 0 saturated heterocycles. The number of furan rings is 1. The zero-order chi connectivity index (χ0) is 20.1. The van der Waals surface area contributed by atoms with Crippen LogP contribution in [-0.2, 0) is 0 Å². The van der Waals surface area contributed by atoms with Crippen LogP contribution in [0.4, 0.5) is 21.9 Å². The molecule has 0 radical (unpaired) electrons. The predicted octanol–water partition coefficient (Wildman–Crippen LogP) is 3.58. The summed E-state index contributed by atoms with van der Waals surface area (Å²) in [4.78, 5) is 35.5. The zero-order valence-electron chi connectivity index (χ0n) is 15.0. The number of carbonyl (C=O) groups excluding carboxylic acids is 3. The fourth-order valence-corrected chi connectivity index (χ4v) is 2.47. The minimum absolute atomic E-state index is 0.180. The fourth-order valence-electron chi connectivity index (χ4n) is 2.47. The number of anilines is 3. The smallest absolute Gasteiger partial charge is 0.316 e. The third-order valence-electron chi connectivity index (χ3n) is 3.90. The molecule has 0 saturated carbocycles. The number of rotatable bonds is 5. The number of aryl methyl sites for hydroxylation is 1. The van der Waals surface area contributed by atoms with Crippen molar-refractivity contribution in [2.45, 2.75) is 6.92 Å². The Bertz CT molecular complexity index is 1010. The molecule has 3 aromatic rings. The fraction of sp³-hybridized carbons (Fsp3) is 0.0500. The van der Waals surface area contributed by atoms with E-state index in [1.807, 2.05) is 6.92 Å². The normalized spacial score (nSPS) is 10.2. The summed E-state index contributed by atoms with van der Waals surface area (Å²) in [6.45, 7) is 1.82. The Morgan fingerprint density at radius 1 is 0.857 bits per heavy atom. The van der Waals surface area contributed by atoms with Crippen LogP contribution in [-0.4, -0.2) is 17.8 Å². The van der Waals surface area contributed by atoms with E-state index >= 15 is 0 Å². The Labute approximate surface area is 160 Å². The molecule has 0 aliphatic carbocycles. The Balaban J connectivity index is 1.71. The molecule has 3 rings (SSSR count). The molecule has 0 aliphatic heterocycles. The molecule has 8 nitrogen and oxygen atoms in total. The summed E-state index contributed by atoms with van der Waals surface area (Å²) in [6.07, 6.45) is 1.41. The van der Waals surface area contributed by atoms with Crippen LogP contribution in [0.1, 0.15) is 26.5 Å². The first-order chi connectivity index (χ1) is 13.4. The predicted molar refractivity (Wildman–Crippen MR) is 105 cm³/mol. The largest absolute Gasteiger partial charge is 0.459 e. The van der Waals surface area contributed by atoms with Crippen molar-refractivity contribution in [1.82, 2.24) is 0 Å². The molecule has 0 unspecified atom stereocenters. The summed E-state index contributed by atoms with van der Waals surface area (Å²) >= 11 is 0. The average molecular weight is 378 g/mol. The number of hydrogen-bond donors (Lipinski definition) is 4. The molecule has 0 fully saturated rings. The van der Waals surface area contributed by atoms with Crippen LogP contribution in [0.25, 0.3) is 0 Å². The summed E-state index contributed by atoms with van der Waals surface area (Å²) in [5.41, 5.74) is 7.80. The molecule has 4 amide bonds. The first-order valence-electron chi connectivity index (χ1n) is 8.36. The van der Waals surface area contributed by atoms with Crippen molar-refractivity contribution in [1.29, 1.82) is 0 Å². The summed E-state index contributed by atoms with van der Waals surface area (Å²) in [5, 5.41) is 7.92. The monoisotopic (exact) mass is 378 g/mol. The number of nitrogens with two attached hydrogens (primary N) is 1. The minimum Gasteiger partial charge on any atom is -0.459 e. The van der Waals surface area contributed by atoms with E-state index in [4.69, 9.17) is 10.2 Å².